The zero-order valence-electron chi connectivity index (χ0n) is 14.1. The average molecular weight is 377 g/mol. The number of nitrogens with zero attached hydrogens (tertiary/aromatic N) is 1. The Balaban J connectivity index is 1.94. The van der Waals surface area contributed by atoms with Crippen molar-refractivity contribution in [3.8, 4) is 0 Å². The Labute approximate surface area is 149 Å². The summed E-state index contributed by atoms with van der Waals surface area (Å²) in [6.45, 7) is 2.25. The molecule has 6 nitrogen and oxygen atoms in total. The van der Waals surface area contributed by atoms with Crippen molar-refractivity contribution < 1.29 is 17.9 Å². The quantitative estimate of drug-likeness (QED) is 0.744. The maximum absolute atomic E-state index is 12.4. The lowest BCUT2D eigenvalue weighted by Crippen LogP contribution is -2.51. The molecule has 1 aliphatic heterocycles. The molecule has 1 aromatic carbocycles. The van der Waals surface area contributed by atoms with Gasteiger partial charge in [0, 0.05) is 18.2 Å². The first-order valence-corrected chi connectivity index (χ1v) is 9.97. The summed E-state index contributed by atoms with van der Waals surface area (Å²) in [7, 11) is 0.437. The zero-order chi connectivity index (χ0) is 17.6. The van der Waals surface area contributed by atoms with Crippen molar-refractivity contribution in [2.24, 2.45) is 0 Å². The second kappa shape index (κ2) is 9.12. The highest BCUT2D eigenvalue weighted by molar-refractivity contribution is 7.88. The Hall–Kier alpha value is -0.700. The molecule has 136 valence electrons. The molecule has 0 radical (unpaired) electrons. The van der Waals surface area contributed by atoms with Crippen LogP contribution in [-0.2, 0) is 25.2 Å². The number of sulfonamides is 1. The van der Waals surface area contributed by atoms with E-state index < -0.39 is 10.0 Å². The Kier molecular flexibility index (Phi) is 7.46. The van der Waals surface area contributed by atoms with Crippen LogP contribution >= 0.6 is 11.6 Å². The summed E-state index contributed by atoms with van der Waals surface area (Å²) in [5, 5.41) is 0.522. The summed E-state index contributed by atoms with van der Waals surface area (Å²) in [5.41, 5.74) is 0.650. The second-order valence-corrected chi connectivity index (χ2v) is 8.38. The average Bonchev–Trinajstić information content (AvgIpc) is 2.48. The smallest absolute Gasteiger partial charge is 0.216 e. The van der Waals surface area contributed by atoms with Crippen LogP contribution in [0.4, 0.5) is 0 Å². The monoisotopic (exact) mass is 376 g/mol. The molecule has 0 saturated carbocycles. The van der Waals surface area contributed by atoms with Crippen molar-refractivity contribution in [2.75, 3.05) is 40.5 Å². The van der Waals surface area contributed by atoms with Crippen molar-refractivity contribution in [3.05, 3.63) is 34.9 Å². The molecule has 0 aromatic heterocycles. The number of ether oxygens (including phenoxy) is 2. The minimum atomic E-state index is -3.50. The summed E-state index contributed by atoms with van der Waals surface area (Å²) in [6.07, 6.45) is 0.505. The third kappa shape index (κ3) is 6.66. The van der Waals surface area contributed by atoms with Gasteiger partial charge in [-0.25, -0.2) is 13.1 Å². The lowest BCUT2D eigenvalue weighted by atomic mass is 10.1. The summed E-state index contributed by atoms with van der Waals surface area (Å²) < 4.78 is 38.9. The number of likely N-dealkylation sites (N-methyl/N-ethyl adjacent to an activating group) is 1. The van der Waals surface area contributed by atoms with Gasteiger partial charge in [-0.05, 0) is 38.2 Å². The maximum atomic E-state index is 12.4. The molecule has 0 bridgehead atoms. The molecule has 0 amide bonds. The van der Waals surface area contributed by atoms with Gasteiger partial charge in [0.2, 0.25) is 10.0 Å². The van der Waals surface area contributed by atoms with Gasteiger partial charge < -0.3 is 14.4 Å². The first kappa shape index (κ1) is 19.6. The van der Waals surface area contributed by atoms with Crippen LogP contribution in [0.3, 0.4) is 0 Å². The fourth-order valence-electron chi connectivity index (χ4n) is 2.53. The van der Waals surface area contributed by atoms with Crippen molar-refractivity contribution in [3.63, 3.8) is 0 Å². The van der Waals surface area contributed by atoms with Gasteiger partial charge >= 0.3 is 0 Å². The Morgan fingerprint density at radius 1 is 1.42 bits per heavy atom. The molecule has 1 aliphatic rings. The van der Waals surface area contributed by atoms with E-state index in [1.807, 2.05) is 19.0 Å². The van der Waals surface area contributed by atoms with Gasteiger partial charge in [0.1, 0.15) is 0 Å². The van der Waals surface area contributed by atoms with Crippen LogP contribution in [0.2, 0.25) is 5.02 Å². The zero-order valence-corrected chi connectivity index (χ0v) is 15.6. The molecule has 1 heterocycles. The van der Waals surface area contributed by atoms with Crippen LogP contribution in [0.25, 0.3) is 0 Å². The summed E-state index contributed by atoms with van der Waals surface area (Å²) in [4.78, 5) is 2.03. The van der Waals surface area contributed by atoms with Crippen LogP contribution in [0.15, 0.2) is 24.3 Å². The van der Waals surface area contributed by atoms with E-state index in [-0.39, 0.29) is 17.9 Å². The lowest BCUT2D eigenvalue weighted by Gasteiger charge is -2.32. The Morgan fingerprint density at radius 3 is 2.92 bits per heavy atom. The van der Waals surface area contributed by atoms with Crippen LogP contribution in [0, 0.1) is 0 Å². The van der Waals surface area contributed by atoms with Gasteiger partial charge in [-0.1, -0.05) is 23.7 Å². The van der Waals surface area contributed by atoms with E-state index in [0.717, 1.165) is 6.54 Å². The fourth-order valence-corrected chi connectivity index (χ4v) is 4.13. The van der Waals surface area contributed by atoms with Crippen LogP contribution in [-0.4, -0.2) is 65.9 Å². The van der Waals surface area contributed by atoms with E-state index >= 15 is 0 Å². The molecule has 1 fully saturated rings. The molecule has 2 atom stereocenters. The molecule has 0 unspecified atom stereocenters. The van der Waals surface area contributed by atoms with Crippen LogP contribution < -0.4 is 4.72 Å². The maximum Gasteiger partial charge on any atom is 0.216 e. The molecule has 0 spiro atoms. The molecule has 8 heteroatoms. The molecular formula is C16H25ClN2O4S. The normalized spacial score (nSPS) is 22.0. The van der Waals surface area contributed by atoms with Gasteiger partial charge in [-0.15, -0.1) is 0 Å². The molecule has 1 N–H and O–H groups in total. The third-order valence-corrected chi connectivity index (χ3v) is 5.35. The molecular weight excluding hydrogens is 352 g/mol. The van der Waals surface area contributed by atoms with Crippen molar-refractivity contribution in [1.82, 2.24) is 9.62 Å². The standard InChI is InChI=1S/C16H25ClN2O4S/c1-19(2)7-9-23-16-6-8-22-11-15(16)18-24(20,21)12-13-4-3-5-14(17)10-13/h3-5,10,15-16,18H,6-9,11-12H2,1-2H3/t15-,16+/m0/s1. The molecule has 1 aromatic rings. The predicted molar refractivity (Wildman–Crippen MR) is 94.7 cm³/mol. The minimum Gasteiger partial charge on any atom is -0.380 e. The van der Waals surface area contributed by atoms with Gasteiger partial charge in [-0.3, -0.25) is 0 Å². The number of rotatable bonds is 8. The molecule has 0 aliphatic carbocycles. The van der Waals surface area contributed by atoms with Crippen molar-refractivity contribution >= 4 is 21.6 Å². The molecule has 24 heavy (non-hydrogen) atoms. The highest BCUT2D eigenvalue weighted by atomic mass is 35.5. The number of halogens is 1. The number of nitrogens with one attached hydrogen (secondary N) is 1. The Morgan fingerprint density at radius 2 is 2.21 bits per heavy atom. The van der Waals surface area contributed by atoms with Gasteiger partial charge in [0.15, 0.2) is 0 Å². The minimum absolute atomic E-state index is 0.117. The summed E-state index contributed by atoms with van der Waals surface area (Å²) in [6, 6.07) is 6.49. The third-order valence-electron chi connectivity index (χ3n) is 3.74. The van der Waals surface area contributed by atoms with E-state index in [1.165, 1.54) is 0 Å². The van der Waals surface area contributed by atoms with E-state index in [4.69, 9.17) is 21.1 Å². The topological polar surface area (TPSA) is 67.9 Å². The highest BCUT2D eigenvalue weighted by Crippen LogP contribution is 2.16. The summed E-state index contributed by atoms with van der Waals surface area (Å²) >= 11 is 5.91. The fraction of sp³-hybridized carbons (Fsp3) is 0.625. The second-order valence-electron chi connectivity index (χ2n) is 6.19. The largest absolute Gasteiger partial charge is 0.380 e. The van der Waals surface area contributed by atoms with Gasteiger partial charge in [0.05, 0.1) is 31.1 Å². The van der Waals surface area contributed by atoms with Crippen molar-refractivity contribution in [1.29, 1.82) is 0 Å². The van der Waals surface area contributed by atoms with Gasteiger partial charge in [-0.2, -0.15) is 0 Å². The van der Waals surface area contributed by atoms with E-state index in [2.05, 4.69) is 4.72 Å². The highest BCUT2D eigenvalue weighted by Gasteiger charge is 2.30. The molecule has 1 saturated heterocycles. The number of hydrogen-bond donors (Lipinski definition) is 1. The number of benzene rings is 1. The lowest BCUT2D eigenvalue weighted by molar-refractivity contribution is -0.0527. The Bertz CT molecular complexity index is 624. The van der Waals surface area contributed by atoms with Crippen LogP contribution in [0.1, 0.15) is 12.0 Å². The summed E-state index contributed by atoms with van der Waals surface area (Å²) in [5.74, 6) is -0.117. The van der Waals surface area contributed by atoms with E-state index in [1.54, 1.807) is 24.3 Å². The first-order chi connectivity index (χ1) is 11.4. The van der Waals surface area contributed by atoms with Crippen LogP contribution in [0.5, 0.6) is 0 Å². The van der Waals surface area contributed by atoms with Gasteiger partial charge in [0.25, 0.3) is 0 Å². The SMILES string of the molecule is CN(C)CCO[C@@H]1CCOC[C@@H]1NS(=O)(=O)Cc1cccc(Cl)c1. The number of hydrogen-bond acceptors (Lipinski definition) is 5. The molecule has 2 rings (SSSR count). The first-order valence-electron chi connectivity index (χ1n) is 7.94. The van der Waals surface area contributed by atoms with Crippen molar-refractivity contribution in [2.45, 2.75) is 24.3 Å². The van der Waals surface area contributed by atoms with E-state index in [9.17, 15) is 8.42 Å². The predicted octanol–water partition coefficient (Wildman–Crippen LogP) is 1.50. The van der Waals surface area contributed by atoms with E-state index in [0.29, 0.717) is 36.8 Å².